The van der Waals surface area contributed by atoms with Crippen molar-refractivity contribution in [3.63, 3.8) is 0 Å². The van der Waals surface area contributed by atoms with Gasteiger partial charge >= 0.3 is 0 Å². The summed E-state index contributed by atoms with van der Waals surface area (Å²) in [7, 11) is 0. The van der Waals surface area contributed by atoms with Crippen LogP contribution in [-0.4, -0.2) is 21.2 Å². The summed E-state index contributed by atoms with van der Waals surface area (Å²) in [6.45, 7) is 4.51. The smallest absolute Gasteiger partial charge is 0.254 e. The van der Waals surface area contributed by atoms with Crippen LogP contribution in [0.25, 0.3) is 5.69 Å². The highest BCUT2D eigenvalue weighted by Crippen LogP contribution is 2.24. The summed E-state index contributed by atoms with van der Waals surface area (Å²) >= 11 is 1.38. The summed E-state index contributed by atoms with van der Waals surface area (Å²) < 4.78 is 2.01. The van der Waals surface area contributed by atoms with Crippen molar-refractivity contribution < 1.29 is 9.63 Å². The van der Waals surface area contributed by atoms with Crippen molar-refractivity contribution in [2.24, 2.45) is 0 Å². The molecular formula is C20H21N3O2S. The molecule has 0 atom stereocenters. The molecule has 0 aliphatic rings. The number of amides is 1. The zero-order valence-corrected chi connectivity index (χ0v) is 15.6. The molecule has 0 radical (unpaired) electrons. The van der Waals surface area contributed by atoms with Gasteiger partial charge in [-0.05, 0) is 36.6 Å². The maximum Gasteiger partial charge on any atom is 0.254 e. The average molecular weight is 367 g/mol. The number of rotatable bonds is 7. The fourth-order valence-electron chi connectivity index (χ4n) is 2.51. The number of hydrogen-bond donors (Lipinski definition) is 1. The lowest BCUT2D eigenvalue weighted by atomic mass is 10.1. The highest BCUT2D eigenvalue weighted by atomic mass is 32.2. The summed E-state index contributed by atoms with van der Waals surface area (Å²) in [6, 6.07) is 15.9. The number of nitrogens with one attached hydrogen (secondary N) is 1. The zero-order valence-electron chi connectivity index (χ0n) is 14.8. The van der Waals surface area contributed by atoms with Crippen molar-refractivity contribution in [1.29, 1.82) is 0 Å². The molecule has 0 bridgehead atoms. The number of imidazole rings is 1. The minimum absolute atomic E-state index is 0.193. The van der Waals surface area contributed by atoms with Crippen molar-refractivity contribution >= 4 is 17.7 Å². The molecule has 1 aromatic heterocycles. The van der Waals surface area contributed by atoms with Crippen LogP contribution < -0.4 is 5.48 Å². The number of hydroxylamine groups is 1. The quantitative estimate of drug-likeness (QED) is 0.509. The third kappa shape index (κ3) is 4.53. The Kier molecular flexibility index (Phi) is 6.09. The van der Waals surface area contributed by atoms with Gasteiger partial charge in [0, 0.05) is 12.4 Å². The summed E-state index contributed by atoms with van der Waals surface area (Å²) in [5, 5.41) is 0.775. The van der Waals surface area contributed by atoms with Gasteiger partial charge in [-0.15, -0.1) is 0 Å². The summed E-state index contributed by atoms with van der Waals surface area (Å²) in [5.41, 5.74) is 6.98. The molecule has 0 spiro atoms. The van der Waals surface area contributed by atoms with Crippen LogP contribution in [0.1, 0.15) is 16.7 Å². The van der Waals surface area contributed by atoms with E-state index in [4.69, 9.17) is 4.84 Å². The second-order valence-corrected chi connectivity index (χ2v) is 6.83. The van der Waals surface area contributed by atoms with Crippen LogP contribution in [0.4, 0.5) is 0 Å². The number of thioether (sulfide) groups is 1. The van der Waals surface area contributed by atoms with Crippen LogP contribution in [0.3, 0.4) is 0 Å². The monoisotopic (exact) mass is 367 g/mol. The highest BCUT2D eigenvalue weighted by molar-refractivity contribution is 7.99. The van der Waals surface area contributed by atoms with E-state index in [1.807, 2.05) is 47.2 Å². The van der Waals surface area contributed by atoms with Crippen molar-refractivity contribution in [3.05, 3.63) is 77.6 Å². The molecule has 0 unspecified atom stereocenters. The van der Waals surface area contributed by atoms with Crippen molar-refractivity contribution in [2.75, 3.05) is 5.75 Å². The van der Waals surface area contributed by atoms with Gasteiger partial charge in [0.15, 0.2) is 5.16 Å². The first-order chi connectivity index (χ1) is 12.6. The largest absolute Gasteiger partial charge is 0.295 e. The minimum Gasteiger partial charge on any atom is -0.295 e. The van der Waals surface area contributed by atoms with Crippen LogP contribution in [0.15, 0.2) is 66.1 Å². The number of carbonyl (C=O) groups excluding carboxylic acids is 1. The maximum absolute atomic E-state index is 12.0. The van der Waals surface area contributed by atoms with Gasteiger partial charge in [0.05, 0.1) is 18.0 Å². The number of benzene rings is 2. The molecule has 6 heteroatoms. The van der Waals surface area contributed by atoms with Gasteiger partial charge < -0.3 is 0 Å². The second-order valence-electron chi connectivity index (χ2n) is 5.89. The van der Waals surface area contributed by atoms with Gasteiger partial charge in [-0.3, -0.25) is 14.2 Å². The Balaban J connectivity index is 1.55. The molecule has 3 aromatic rings. The van der Waals surface area contributed by atoms with Crippen LogP contribution >= 0.6 is 11.8 Å². The van der Waals surface area contributed by atoms with Crippen LogP contribution in [0, 0.1) is 13.8 Å². The SMILES string of the molecule is Cc1cccc(-n2ccnc2SCC(=O)NOCc2ccccc2)c1C. The molecule has 26 heavy (non-hydrogen) atoms. The Morgan fingerprint density at radius 2 is 1.96 bits per heavy atom. The van der Waals surface area contributed by atoms with E-state index in [-0.39, 0.29) is 11.7 Å². The highest BCUT2D eigenvalue weighted by Gasteiger charge is 2.11. The third-order valence-electron chi connectivity index (χ3n) is 4.04. The molecule has 1 N–H and O–H groups in total. The molecule has 1 amide bonds. The van der Waals surface area contributed by atoms with Crippen molar-refractivity contribution in [3.8, 4) is 5.69 Å². The number of hydrogen-bond acceptors (Lipinski definition) is 4. The molecule has 3 rings (SSSR count). The first-order valence-electron chi connectivity index (χ1n) is 8.32. The zero-order chi connectivity index (χ0) is 18.4. The van der Waals surface area contributed by atoms with E-state index < -0.39 is 0 Å². The van der Waals surface area contributed by atoms with E-state index >= 15 is 0 Å². The molecule has 5 nitrogen and oxygen atoms in total. The van der Waals surface area contributed by atoms with E-state index in [2.05, 4.69) is 36.4 Å². The third-order valence-corrected chi connectivity index (χ3v) is 5.01. The summed E-state index contributed by atoms with van der Waals surface area (Å²) in [6.07, 6.45) is 3.65. The molecule has 134 valence electrons. The molecule has 0 saturated carbocycles. The Bertz CT molecular complexity index is 878. The molecule has 0 aliphatic carbocycles. The van der Waals surface area contributed by atoms with Gasteiger partial charge in [0.1, 0.15) is 0 Å². The van der Waals surface area contributed by atoms with E-state index in [0.717, 1.165) is 16.4 Å². The van der Waals surface area contributed by atoms with Crippen LogP contribution in [0.5, 0.6) is 0 Å². The summed E-state index contributed by atoms with van der Waals surface area (Å²) in [5.74, 6) is 0.0397. The summed E-state index contributed by atoms with van der Waals surface area (Å²) in [4.78, 5) is 21.6. The van der Waals surface area contributed by atoms with E-state index in [0.29, 0.717) is 6.61 Å². The van der Waals surface area contributed by atoms with Crippen molar-refractivity contribution in [1.82, 2.24) is 15.0 Å². The van der Waals surface area contributed by atoms with Crippen LogP contribution in [-0.2, 0) is 16.2 Å². The fraction of sp³-hybridized carbons (Fsp3) is 0.200. The Morgan fingerprint density at radius 3 is 2.77 bits per heavy atom. The first-order valence-corrected chi connectivity index (χ1v) is 9.31. The molecular weight excluding hydrogens is 346 g/mol. The second kappa shape index (κ2) is 8.69. The van der Waals surface area contributed by atoms with E-state index in [1.165, 1.54) is 22.9 Å². The lowest BCUT2D eigenvalue weighted by Gasteiger charge is -2.12. The Hall–Kier alpha value is -2.57. The number of aryl methyl sites for hydroxylation is 1. The normalized spacial score (nSPS) is 10.7. The van der Waals surface area contributed by atoms with Gasteiger partial charge in [-0.2, -0.15) is 0 Å². The molecule has 0 fully saturated rings. The minimum atomic E-state index is -0.193. The Labute approximate surface area is 157 Å². The predicted octanol–water partition coefficient (Wildman–Crippen LogP) is 3.83. The molecule has 0 aliphatic heterocycles. The van der Waals surface area contributed by atoms with E-state index in [1.54, 1.807) is 6.20 Å². The number of aromatic nitrogens is 2. The molecule has 2 aromatic carbocycles. The first kappa shape index (κ1) is 18.2. The van der Waals surface area contributed by atoms with E-state index in [9.17, 15) is 4.79 Å². The Morgan fingerprint density at radius 1 is 1.15 bits per heavy atom. The topological polar surface area (TPSA) is 56.2 Å². The lowest BCUT2D eigenvalue weighted by molar-refractivity contribution is -0.131. The van der Waals surface area contributed by atoms with Gasteiger partial charge in [0.2, 0.25) is 0 Å². The maximum atomic E-state index is 12.0. The van der Waals surface area contributed by atoms with Gasteiger partial charge in [-0.25, -0.2) is 10.5 Å². The number of carbonyl (C=O) groups is 1. The van der Waals surface area contributed by atoms with Crippen molar-refractivity contribution in [2.45, 2.75) is 25.6 Å². The lowest BCUT2D eigenvalue weighted by Crippen LogP contribution is -2.25. The molecule has 0 saturated heterocycles. The predicted molar refractivity (Wildman–Crippen MR) is 103 cm³/mol. The average Bonchev–Trinajstić information content (AvgIpc) is 3.11. The van der Waals surface area contributed by atoms with Gasteiger partial charge in [-0.1, -0.05) is 54.2 Å². The molecule has 1 heterocycles. The standard InChI is InChI=1S/C20H21N3O2S/c1-15-7-6-10-18(16(15)2)23-12-11-21-20(23)26-14-19(24)22-25-13-17-8-4-3-5-9-17/h3-12H,13-14H2,1-2H3,(H,22,24). The van der Waals surface area contributed by atoms with Gasteiger partial charge in [0.25, 0.3) is 5.91 Å². The van der Waals surface area contributed by atoms with Crippen LogP contribution in [0.2, 0.25) is 0 Å². The number of nitrogens with zero attached hydrogens (tertiary/aromatic N) is 2. The fourth-order valence-corrected chi connectivity index (χ4v) is 3.26.